The molecule has 4 nitrogen and oxygen atoms in total. The van der Waals surface area contributed by atoms with Crippen LogP contribution < -0.4 is 0 Å². The largest absolute Gasteiger partial charge is 0.478 e. The molecule has 1 N–H and O–H groups in total. The topological polar surface area (TPSA) is 63.6 Å². The molecule has 0 aromatic rings. The van der Waals surface area contributed by atoms with E-state index in [9.17, 15) is 23.5 Å². The lowest BCUT2D eigenvalue weighted by Gasteiger charge is -2.06. The second-order valence-corrected chi connectivity index (χ2v) is 5.95. The molecule has 0 saturated heterocycles. The van der Waals surface area contributed by atoms with Crippen LogP contribution in [0.4, 0.5) is 8.78 Å². The molecule has 0 radical (unpaired) electrons. The van der Waals surface area contributed by atoms with Gasteiger partial charge < -0.3 is 9.84 Å². The minimum absolute atomic E-state index is 0.140. The van der Waals surface area contributed by atoms with Gasteiger partial charge in [-0.1, -0.05) is 18.7 Å². The van der Waals surface area contributed by atoms with E-state index in [0.29, 0.717) is 12.0 Å². The number of ether oxygens (including phenoxy) is 1. The second-order valence-electron chi connectivity index (χ2n) is 5.07. The first-order valence-electron chi connectivity index (χ1n) is 7.90. The summed E-state index contributed by atoms with van der Waals surface area (Å²) in [5, 5.41) is 9.25. The molecule has 0 heterocycles. The molecule has 0 unspecified atom stereocenters. The van der Waals surface area contributed by atoms with Crippen molar-refractivity contribution in [1.82, 2.24) is 0 Å². The zero-order valence-electron chi connectivity index (χ0n) is 15.1. The summed E-state index contributed by atoms with van der Waals surface area (Å²) < 4.78 is 28.2. The number of allylic oxidation sites excluding steroid dienone is 6. The van der Waals surface area contributed by atoms with Crippen molar-refractivity contribution in [2.75, 3.05) is 6.26 Å². The predicted molar refractivity (Wildman–Crippen MR) is 101 cm³/mol. The third-order valence-corrected chi connectivity index (χ3v) is 4.11. The maximum absolute atomic E-state index is 12.2. The van der Waals surface area contributed by atoms with Gasteiger partial charge in [-0.05, 0) is 51.2 Å². The number of thioether (sulfide) groups is 1. The van der Waals surface area contributed by atoms with Gasteiger partial charge in [-0.3, -0.25) is 4.79 Å². The van der Waals surface area contributed by atoms with Crippen LogP contribution in [0.25, 0.3) is 0 Å². The number of alkyl halides is 2. The van der Waals surface area contributed by atoms with Crippen molar-refractivity contribution in [3.05, 3.63) is 58.8 Å². The van der Waals surface area contributed by atoms with E-state index in [2.05, 4.69) is 11.3 Å². The lowest BCUT2D eigenvalue weighted by Crippen LogP contribution is -2.05. The quantitative estimate of drug-likeness (QED) is 0.282. The lowest BCUT2D eigenvalue weighted by molar-refractivity contribution is -0.133. The predicted octanol–water partition coefficient (Wildman–Crippen LogP) is 5.26. The molecule has 0 aliphatic rings. The van der Waals surface area contributed by atoms with Gasteiger partial charge in [0.25, 0.3) is 0 Å². The Bertz CT molecular complexity index is 631. The SMILES string of the molecule is C=C(/C=C\C(=C/C)C(=O)CCC/C(=C/C(=C/C)SC)C(=O)O)OC(F)F. The molecule has 0 aliphatic heterocycles. The fraction of sp³-hybridized carbons (Fsp3) is 0.368. The molecule has 0 aromatic carbocycles. The number of ketones is 1. The standard InChI is InChI=1S/C19H24F2O4S/c1-5-14(11-10-13(3)25-19(20)21)17(22)9-7-8-15(18(23)24)12-16(6-2)26-4/h5-6,10-12,19H,3,7-9H2,1-2,4H3,(H,23,24)/b11-10-,14-5+,15-12-,16-6-. The van der Waals surface area contributed by atoms with Crippen molar-refractivity contribution in [2.45, 2.75) is 39.7 Å². The number of carbonyl (C=O) groups is 2. The Labute approximate surface area is 157 Å². The Morgan fingerprint density at radius 3 is 2.31 bits per heavy atom. The van der Waals surface area contributed by atoms with Crippen LogP contribution in [0.15, 0.2) is 58.8 Å². The first kappa shape index (κ1) is 23.9. The zero-order chi connectivity index (χ0) is 20.1. The third-order valence-electron chi connectivity index (χ3n) is 3.28. The highest BCUT2D eigenvalue weighted by molar-refractivity contribution is 8.02. The van der Waals surface area contributed by atoms with Crippen molar-refractivity contribution in [2.24, 2.45) is 0 Å². The third kappa shape index (κ3) is 9.98. The Balaban J connectivity index is 4.77. The number of rotatable bonds is 12. The van der Waals surface area contributed by atoms with Crippen LogP contribution in [0.2, 0.25) is 0 Å². The van der Waals surface area contributed by atoms with Crippen LogP contribution in [-0.4, -0.2) is 29.7 Å². The van der Waals surface area contributed by atoms with Crippen molar-refractivity contribution >= 4 is 23.5 Å². The molecule has 0 atom stereocenters. The molecular formula is C19H24F2O4S. The Kier molecular flexibility index (Phi) is 12.0. The normalized spacial score (nSPS) is 13.4. The van der Waals surface area contributed by atoms with Gasteiger partial charge in [-0.2, -0.15) is 8.78 Å². The molecule has 0 bridgehead atoms. The highest BCUT2D eigenvalue weighted by atomic mass is 32.2. The van der Waals surface area contributed by atoms with Gasteiger partial charge >= 0.3 is 12.6 Å². The van der Waals surface area contributed by atoms with Crippen LogP contribution in [0, 0.1) is 0 Å². The van der Waals surface area contributed by atoms with Gasteiger partial charge in [0, 0.05) is 22.5 Å². The van der Waals surface area contributed by atoms with Crippen LogP contribution >= 0.6 is 11.8 Å². The fourth-order valence-electron chi connectivity index (χ4n) is 1.94. The van der Waals surface area contributed by atoms with Gasteiger partial charge in [0.05, 0.1) is 0 Å². The van der Waals surface area contributed by atoms with E-state index in [1.54, 1.807) is 19.1 Å². The second kappa shape index (κ2) is 13.1. The first-order valence-corrected chi connectivity index (χ1v) is 9.13. The summed E-state index contributed by atoms with van der Waals surface area (Å²) in [6, 6.07) is 0. The molecule has 0 aromatic heterocycles. The molecule has 0 spiro atoms. The maximum Gasteiger partial charge on any atom is 0.387 e. The van der Waals surface area contributed by atoms with Gasteiger partial charge in [-0.15, -0.1) is 11.8 Å². The van der Waals surface area contributed by atoms with E-state index in [1.165, 1.54) is 23.9 Å². The number of hydrogen-bond donors (Lipinski definition) is 1. The zero-order valence-corrected chi connectivity index (χ0v) is 15.9. The summed E-state index contributed by atoms with van der Waals surface area (Å²) in [7, 11) is 0. The number of hydrogen-bond acceptors (Lipinski definition) is 4. The molecule has 0 fully saturated rings. The maximum atomic E-state index is 12.2. The number of carboxylic acids is 1. The number of aliphatic carboxylic acids is 1. The van der Waals surface area contributed by atoms with E-state index in [4.69, 9.17) is 0 Å². The van der Waals surface area contributed by atoms with Gasteiger partial charge in [0.1, 0.15) is 5.76 Å². The summed E-state index contributed by atoms with van der Waals surface area (Å²) in [5.41, 5.74) is 0.555. The summed E-state index contributed by atoms with van der Waals surface area (Å²) in [6.45, 7) is 3.80. The molecule has 0 saturated carbocycles. The molecular weight excluding hydrogens is 362 g/mol. The van der Waals surface area contributed by atoms with E-state index < -0.39 is 12.6 Å². The van der Waals surface area contributed by atoms with Gasteiger partial charge in [0.2, 0.25) is 0 Å². The van der Waals surface area contributed by atoms with Crippen molar-refractivity contribution < 1.29 is 28.2 Å². The van der Waals surface area contributed by atoms with Crippen molar-refractivity contribution in [3.63, 3.8) is 0 Å². The number of carboxylic acid groups (broad SMARTS) is 1. The van der Waals surface area contributed by atoms with E-state index in [-0.39, 0.29) is 30.0 Å². The summed E-state index contributed by atoms with van der Waals surface area (Å²) >= 11 is 1.44. The number of Topliss-reactive ketones (excluding diaryl/α,β-unsaturated/α-hetero) is 1. The highest BCUT2D eigenvalue weighted by Gasteiger charge is 2.11. The number of carbonyl (C=O) groups excluding carboxylic acids is 1. The van der Waals surface area contributed by atoms with Gasteiger partial charge in [0.15, 0.2) is 5.78 Å². The van der Waals surface area contributed by atoms with Crippen molar-refractivity contribution in [3.8, 4) is 0 Å². The Hall–Kier alpha value is -2.15. The van der Waals surface area contributed by atoms with Crippen LogP contribution in [0.3, 0.4) is 0 Å². The average molecular weight is 386 g/mol. The van der Waals surface area contributed by atoms with Crippen LogP contribution in [-0.2, 0) is 14.3 Å². The lowest BCUT2D eigenvalue weighted by atomic mass is 10.0. The Morgan fingerprint density at radius 1 is 1.19 bits per heavy atom. The minimum atomic E-state index is -2.97. The summed E-state index contributed by atoms with van der Waals surface area (Å²) in [4.78, 5) is 24.3. The summed E-state index contributed by atoms with van der Waals surface area (Å²) in [6.07, 6.45) is 10.1. The average Bonchev–Trinajstić information content (AvgIpc) is 2.57. The monoisotopic (exact) mass is 386 g/mol. The molecule has 0 amide bonds. The molecule has 7 heteroatoms. The molecule has 26 heavy (non-hydrogen) atoms. The van der Waals surface area contributed by atoms with Crippen molar-refractivity contribution in [1.29, 1.82) is 0 Å². The summed E-state index contributed by atoms with van der Waals surface area (Å²) in [5.74, 6) is -1.48. The number of halogens is 2. The molecule has 0 aliphatic carbocycles. The Morgan fingerprint density at radius 2 is 1.85 bits per heavy atom. The fourth-order valence-corrected chi connectivity index (χ4v) is 2.44. The minimum Gasteiger partial charge on any atom is -0.478 e. The van der Waals surface area contributed by atoms with Crippen LogP contribution in [0.1, 0.15) is 33.1 Å². The van der Waals surface area contributed by atoms with E-state index in [0.717, 1.165) is 4.91 Å². The molecule has 0 rings (SSSR count). The van der Waals surface area contributed by atoms with E-state index >= 15 is 0 Å². The first-order chi connectivity index (χ1) is 12.2. The van der Waals surface area contributed by atoms with E-state index in [1.807, 2.05) is 19.3 Å². The van der Waals surface area contributed by atoms with Crippen LogP contribution in [0.5, 0.6) is 0 Å². The smallest absolute Gasteiger partial charge is 0.387 e. The van der Waals surface area contributed by atoms with Gasteiger partial charge in [-0.25, -0.2) is 4.79 Å². The highest BCUT2D eigenvalue weighted by Crippen LogP contribution is 2.19. The molecule has 144 valence electrons.